The van der Waals surface area contributed by atoms with Crippen LogP contribution in [0.5, 0.6) is 0 Å². The van der Waals surface area contributed by atoms with Crippen molar-refractivity contribution in [3.63, 3.8) is 0 Å². The highest BCUT2D eigenvalue weighted by molar-refractivity contribution is 7.92. The molecule has 1 unspecified atom stereocenters. The molecule has 7 nitrogen and oxygen atoms in total. The summed E-state index contributed by atoms with van der Waals surface area (Å²) in [4.78, 5) is 28.6. The van der Waals surface area contributed by atoms with E-state index in [-0.39, 0.29) is 25.0 Å². The minimum atomic E-state index is -3.74. The van der Waals surface area contributed by atoms with Crippen LogP contribution in [-0.2, 0) is 32.6 Å². The maximum Gasteiger partial charge on any atom is 0.244 e. The number of nitrogens with zero attached hydrogens (tertiary/aromatic N) is 2. The summed E-state index contributed by atoms with van der Waals surface area (Å²) in [5.41, 5.74) is 2.22. The van der Waals surface area contributed by atoms with Crippen molar-refractivity contribution in [2.75, 3.05) is 17.1 Å². The fourth-order valence-corrected chi connectivity index (χ4v) is 5.60. The van der Waals surface area contributed by atoms with Crippen LogP contribution in [0.15, 0.2) is 54.6 Å². The molecule has 0 radical (unpaired) electrons. The highest BCUT2D eigenvalue weighted by Crippen LogP contribution is 2.25. The molecule has 1 aliphatic rings. The van der Waals surface area contributed by atoms with Crippen molar-refractivity contribution in [2.45, 2.75) is 71.0 Å². The molecule has 1 aliphatic carbocycles. The maximum atomic E-state index is 13.8. The SMILES string of the molecule is CCc1ccccc1N(CC(=O)N(Cc1ccccc1)C(CC)C(=O)NC1CCCC1)S(C)(=O)=O. The highest BCUT2D eigenvalue weighted by atomic mass is 32.2. The number of rotatable bonds is 11. The number of anilines is 1. The van der Waals surface area contributed by atoms with E-state index in [9.17, 15) is 18.0 Å². The van der Waals surface area contributed by atoms with Gasteiger partial charge in [-0.25, -0.2) is 8.42 Å². The van der Waals surface area contributed by atoms with E-state index < -0.39 is 22.0 Å². The number of hydrogen-bond acceptors (Lipinski definition) is 4. The number of carbonyl (C=O) groups is 2. The number of para-hydroxylation sites is 1. The predicted octanol–water partition coefficient (Wildman–Crippen LogP) is 3.88. The zero-order valence-electron chi connectivity index (χ0n) is 20.9. The molecule has 8 heteroatoms. The number of sulfonamides is 1. The first-order chi connectivity index (χ1) is 16.7. The van der Waals surface area contributed by atoms with Crippen LogP contribution in [0.1, 0.15) is 57.1 Å². The van der Waals surface area contributed by atoms with Gasteiger partial charge in [0.2, 0.25) is 21.8 Å². The quantitative estimate of drug-likeness (QED) is 0.508. The van der Waals surface area contributed by atoms with Crippen LogP contribution in [0.25, 0.3) is 0 Å². The lowest BCUT2D eigenvalue weighted by Gasteiger charge is -2.33. The molecular weight excluding hydrogens is 462 g/mol. The first-order valence-electron chi connectivity index (χ1n) is 12.4. The van der Waals surface area contributed by atoms with E-state index in [0.717, 1.165) is 47.4 Å². The fourth-order valence-electron chi connectivity index (χ4n) is 4.72. The molecule has 35 heavy (non-hydrogen) atoms. The van der Waals surface area contributed by atoms with Crippen molar-refractivity contribution in [1.82, 2.24) is 10.2 Å². The maximum absolute atomic E-state index is 13.8. The molecule has 0 aromatic heterocycles. The largest absolute Gasteiger partial charge is 0.352 e. The van der Waals surface area contributed by atoms with Gasteiger partial charge in [-0.3, -0.25) is 13.9 Å². The molecule has 2 amide bonds. The molecule has 3 rings (SSSR count). The fraction of sp³-hybridized carbons (Fsp3) is 0.481. The topological polar surface area (TPSA) is 86.8 Å². The van der Waals surface area contributed by atoms with Crippen LogP contribution in [0, 0.1) is 0 Å². The van der Waals surface area contributed by atoms with Gasteiger partial charge in [-0.05, 0) is 42.9 Å². The highest BCUT2D eigenvalue weighted by Gasteiger charge is 2.33. The van der Waals surface area contributed by atoms with E-state index in [1.165, 1.54) is 4.90 Å². The minimum Gasteiger partial charge on any atom is -0.352 e. The summed E-state index contributed by atoms with van der Waals surface area (Å²) in [7, 11) is -3.74. The summed E-state index contributed by atoms with van der Waals surface area (Å²) in [6.45, 7) is 3.69. The van der Waals surface area contributed by atoms with Crippen molar-refractivity contribution in [3.05, 3.63) is 65.7 Å². The summed E-state index contributed by atoms with van der Waals surface area (Å²) < 4.78 is 26.8. The van der Waals surface area contributed by atoms with Crippen molar-refractivity contribution in [1.29, 1.82) is 0 Å². The lowest BCUT2D eigenvalue weighted by atomic mass is 10.1. The number of aryl methyl sites for hydroxylation is 1. The second-order valence-electron chi connectivity index (χ2n) is 9.17. The number of carbonyl (C=O) groups excluding carboxylic acids is 2. The Labute approximate surface area is 209 Å². The molecule has 0 heterocycles. The van der Waals surface area contributed by atoms with E-state index in [1.54, 1.807) is 12.1 Å². The molecular formula is C27H37N3O4S. The Morgan fingerprint density at radius 2 is 1.63 bits per heavy atom. The van der Waals surface area contributed by atoms with E-state index >= 15 is 0 Å². The van der Waals surface area contributed by atoms with Gasteiger partial charge in [0.05, 0.1) is 11.9 Å². The average molecular weight is 500 g/mol. The molecule has 0 aliphatic heterocycles. The van der Waals surface area contributed by atoms with Crippen molar-refractivity contribution in [2.24, 2.45) is 0 Å². The van der Waals surface area contributed by atoms with Crippen LogP contribution in [0.2, 0.25) is 0 Å². The molecule has 0 bridgehead atoms. The van der Waals surface area contributed by atoms with Crippen LogP contribution < -0.4 is 9.62 Å². The smallest absolute Gasteiger partial charge is 0.244 e. The van der Waals surface area contributed by atoms with Crippen molar-refractivity contribution >= 4 is 27.5 Å². The van der Waals surface area contributed by atoms with E-state index in [4.69, 9.17) is 0 Å². The first kappa shape index (κ1) is 26.7. The van der Waals surface area contributed by atoms with Gasteiger partial charge in [0.15, 0.2) is 0 Å². The minimum absolute atomic E-state index is 0.133. The van der Waals surface area contributed by atoms with Gasteiger partial charge in [0.25, 0.3) is 0 Å². The van der Waals surface area contributed by atoms with Gasteiger partial charge >= 0.3 is 0 Å². The molecule has 1 saturated carbocycles. The van der Waals surface area contributed by atoms with Crippen molar-refractivity contribution < 1.29 is 18.0 Å². The zero-order chi connectivity index (χ0) is 25.4. The number of amides is 2. The number of nitrogens with one attached hydrogen (secondary N) is 1. The van der Waals surface area contributed by atoms with Gasteiger partial charge < -0.3 is 10.2 Å². The Bertz CT molecular complexity index is 1100. The first-order valence-corrected chi connectivity index (χ1v) is 14.3. The van der Waals surface area contributed by atoms with Crippen LogP contribution in [0.4, 0.5) is 5.69 Å². The Morgan fingerprint density at radius 3 is 2.23 bits per heavy atom. The third-order valence-corrected chi connectivity index (χ3v) is 7.73. The van der Waals surface area contributed by atoms with Gasteiger partial charge in [-0.15, -0.1) is 0 Å². The summed E-state index contributed by atoms with van der Waals surface area (Å²) in [6.07, 6.45) is 6.25. The predicted molar refractivity (Wildman–Crippen MR) is 139 cm³/mol. The lowest BCUT2D eigenvalue weighted by molar-refractivity contribution is -0.140. The Morgan fingerprint density at radius 1 is 1.00 bits per heavy atom. The molecule has 2 aromatic rings. The van der Waals surface area contributed by atoms with Crippen LogP contribution >= 0.6 is 0 Å². The third-order valence-electron chi connectivity index (χ3n) is 6.60. The normalized spacial score (nSPS) is 14.9. The monoisotopic (exact) mass is 499 g/mol. The van der Waals surface area contributed by atoms with Crippen LogP contribution in [-0.4, -0.2) is 50.0 Å². The Kier molecular flexibility index (Phi) is 9.32. The summed E-state index contributed by atoms with van der Waals surface area (Å²) >= 11 is 0. The molecule has 190 valence electrons. The van der Waals surface area contributed by atoms with E-state index in [2.05, 4.69) is 5.32 Å². The molecule has 1 N–H and O–H groups in total. The molecule has 0 saturated heterocycles. The summed E-state index contributed by atoms with van der Waals surface area (Å²) in [6, 6.07) is 16.1. The van der Waals surface area contributed by atoms with Gasteiger partial charge in [-0.1, -0.05) is 75.2 Å². The Hall–Kier alpha value is -2.87. The van der Waals surface area contributed by atoms with Gasteiger partial charge in [-0.2, -0.15) is 0 Å². The average Bonchev–Trinajstić information content (AvgIpc) is 3.35. The molecule has 1 atom stereocenters. The molecule has 2 aromatic carbocycles. The standard InChI is InChI=1S/C27H37N3O4S/c1-4-22-15-9-12-18-25(22)30(35(3,33)34)20-26(31)29(19-21-13-7-6-8-14-21)24(5-2)27(32)28-23-16-10-11-17-23/h6-9,12-15,18,23-24H,4-5,10-11,16-17,19-20H2,1-3H3,(H,28,32). The molecule has 0 spiro atoms. The number of hydrogen-bond donors (Lipinski definition) is 1. The van der Waals surface area contributed by atoms with Gasteiger partial charge in [0, 0.05) is 12.6 Å². The summed E-state index contributed by atoms with van der Waals surface area (Å²) in [5.74, 6) is -0.581. The lowest BCUT2D eigenvalue weighted by Crippen LogP contribution is -2.53. The summed E-state index contributed by atoms with van der Waals surface area (Å²) in [5, 5.41) is 3.12. The van der Waals surface area contributed by atoms with Crippen molar-refractivity contribution in [3.8, 4) is 0 Å². The van der Waals surface area contributed by atoms with E-state index in [0.29, 0.717) is 18.5 Å². The third kappa shape index (κ3) is 7.07. The molecule has 1 fully saturated rings. The zero-order valence-corrected chi connectivity index (χ0v) is 21.8. The van der Waals surface area contributed by atoms with E-state index in [1.807, 2.05) is 56.3 Å². The van der Waals surface area contributed by atoms with Crippen LogP contribution in [0.3, 0.4) is 0 Å². The number of benzene rings is 2. The second-order valence-corrected chi connectivity index (χ2v) is 11.1. The Balaban J connectivity index is 1.92. The second kappa shape index (κ2) is 12.2. The van der Waals surface area contributed by atoms with Gasteiger partial charge in [0.1, 0.15) is 12.6 Å².